The fourth-order valence-corrected chi connectivity index (χ4v) is 4.78. The van der Waals surface area contributed by atoms with Crippen LogP contribution in [0.4, 0.5) is 17.1 Å². The van der Waals surface area contributed by atoms with Crippen molar-refractivity contribution in [1.82, 2.24) is 0 Å². The Morgan fingerprint density at radius 3 is 2.35 bits per heavy atom. The van der Waals surface area contributed by atoms with Crippen molar-refractivity contribution in [3.63, 3.8) is 0 Å². The maximum Gasteiger partial charge on any atom is 0.307 e. The van der Waals surface area contributed by atoms with E-state index in [2.05, 4.69) is 15.0 Å². The van der Waals surface area contributed by atoms with Gasteiger partial charge < -0.3 is 14.7 Å². The van der Waals surface area contributed by atoms with Crippen molar-refractivity contribution in [3.05, 3.63) is 81.4 Å². The fourth-order valence-electron chi connectivity index (χ4n) is 4.54. The summed E-state index contributed by atoms with van der Waals surface area (Å²) in [5, 5.41) is 19.0. The van der Waals surface area contributed by atoms with Crippen LogP contribution >= 0.6 is 11.6 Å². The fraction of sp³-hybridized carbons (Fsp3) is 0.185. The summed E-state index contributed by atoms with van der Waals surface area (Å²) in [5.41, 5.74) is 1.52. The molecule has 0 radical (unpaired) electrons. The van der Waals surface area contributed by atoms with E-state index in [1.807, 2.05) is 4.90 Å². The van der Waals surface area contributed by atoms with Crippen LogP contribution in [0.15, 0.2) is 58.8 Å². The van der Waals surface area contributed by atoms with Crippen LogP contribution in [0.2, 0.25) is 5.02 Å². The van der Waals surface area contributed by atoms with Gasteiger partial charge in [0.1, 0.15) is 11.4 Å². The highest BCUT2D eigenvalue weighted by atomic mass is 35.5. The number of azo groups is 1. The van der Waals surface area contributed by atoms with Crippen LogP contribution in [0.5, 0.6) is 5.75 Å². The van der Waals surface area contributed by atoms with Crippen LogP contribution in [0, 0.1) is 0 Å². The molecule has 0 aromatic heterocycles. The molecule has 9 nitrogen and oxygen atoms in total. The van der Waals surface area contributed by atoms with Crippen molar-refractivity contribution in [2.24, 2.45) is 10.2 Å². The summed E-state index contributed by atoms with van der Waals surface area (Å²) in [5.74, 6) is -1.55. The number of hydrogen-bond acceptors (Lipinski definition) is 9. The van der Waals surface area contributed by atoms with Crippen molar-refractivity contribution in [3.8, 4) is 5.75 Å². The Hall–Kier alpha value is -4.37. The summed E-state index contributed by atoms with van der Waals surface area (Å²) >= 11 is 6.29. The molecule has 0 spiro atoms. The molecule has 1 heterocycles. The Labute approximate surface area is 216 Å². The lowest BCUT2D eigenvalue weighted by atomic mass is 9.83. The molecular weight excluding hydrogens is 498 g/mol. The van der Waals surface area contributed by atoms with Gasteiger partial charge in [-0.15, -0.1) is 10.2 Å². The van der Waals surface area contributed by atoms with E-state index in [1.165, 1.54) is 31.4 Å². The minimum atomic E-state index is -0.410. The standard InChI is InChI=1S/C27H20ClN3O6/c1-37-23(34)9-11-31-10-8-21(32)16-12-19(22(33)13-20(16)31)30-29-18-7-6-17(28)24-25(18)27(36)15-5-3-2-4-14(15)26(24)35/h2-7,12-13,33H,8-11H2,1H3. The monoisotopic (exact) mass is 517 g/mol. The summed E-state index contributed by atoms with van der Waals surface area (Å²) < 4.78 is 4.69. The summed E-state index contributed by atoms with van der Waals surface area (Å²) in [4.78, 5) is 52.3. The number of anilines is 1. The number of halogens is 1. The maximum absolute atomic E-state index is 13.3. The Bertz CT molecular complexity index is 1530. The van der Waals surface area contributed by atoms with Crippen molar-refractivity contribution in [1.29, 1.82) is 0 Å². The van der Waals surface area contributed by atoms with Gasteiger partial charge in [0, 0.05) is 42.3 Å². The van der Waals surface area contributed by atoms with Crippen molar-refractivity contribution >= 4 is 52.0 Å². The number of phenols is 1. The normalized spacial score (nSPS) is 14.4. The van der Waals surface area contributed by atoms with Crippen molar-refractivity contribution < 1.29 is 29.0 Å². The molecule has 0 unspecified atom stereocenters. The van der Waals surface area contributed by atoms with Crippen LogP contribution < -0.4 is 4.90 Å². The van der Waals surface area contributed by atoms with Gasteiger partial charge in [-0.3, -0.25) is 19.2 Å². The van der Waals surface area contributed by atoms with Gasteiger partial charge in [-0.05, 0) is 18.2 Å². The van der Waals surface area contributed by atoms with E-state index in [1.54, 1.807) is 24.3 Å². The highest BCUT2D eigenvalue weighted by Gasteiger charge is 2.33. The molecule has 0 atom stereocenters. The summed E-state index contributed by atoms with van der Waals surface area (Å²) in [6.45, 7) is 0.722. The average Bonchev–Trinajstić information content (AvgIpc) is 2.90. The van der Waals surface area contributed by atoms with Gasteiger partial charge in [0.25, 0.3) is 0 Å². The molecular formula is C27H20ClN3O6. The molecule has 3 aromatic carbocycles. The Kier molecular flexibility index (Phi) is 6.31. The maximum atomic E-state index is 13.3. The van der Waals surface area contributed by atoms with E-state index in [0.29, 0.717) is 24.3 Å². The van der Waals surface area contributed by atoms with Gasteiger partial charge in [0.05, 0.1) is 41.1 Å². The van der Waals surface area contributed by atoms with Gasteiger partial charge in [-0.25, -0.2) is 0 Å². The second kappa shape index (κ2) is 9.59. The third kappa shape index (κ3) is 4.27. The van der Waals surface area contributed by atoms with Crippen molar-refractivity contribution in [2.45, 2.75) is 12.8 Å². The molecule has 2 aliphatic rings. The molecule has 3 aromatic rings. The molecule has 1 aliphatic carbocycles. The molecule has 1 N–H and O–H groups in total. The number of methoxy groups -OCH3 is 1. The number of benzene rings is 3. The van der Waals surface area contributed by atoms with Crippen LogP contribution in [-0.4, -0.2) is 48.6 Å². The van der Waals surface area contributed by atoms with Gasteiger partial charge in [-0.2, -0.15) is 0 Å². The third-order valence-corrected chi connectivity index (χ3v) is 6.74. The molecule has 0 fully saturated rings. The first-order valence-electron chi connectivity index (χ1n) is 11.4. The largest absolute Gasteiger partial charge is 0.506 e. The zero-order valence-corrected chi connectivity index (χ0v) is 20.4. The number of ether oxygens (including phenoxy) is 1. The second-order valence-corrected chi connectivity index (χ2v) is 8.97. The molecule has 1 aliphatic heterocycles. The number of esters is 1. The van der Waals surface area contributed by atoms with E-state index in [4.69, 9.17) is 11.6 Å². The van der Waals surface area contributed by atoms with Crippen LogP contribution in [0.1, 0.15) is 55.0 Å². The molecule has 186 valence electrons. The predicted molar refractivity (Wildman–Crippen MR) is 135 cm³/mol. The Morgan fingerprint density at radius 2 is 1.65 bits per heavy atom. The highest BCUT2D eigenvalue weighted by Crippen LogP contribution is 2.41. The van der Waals surface area contributed by atoms with Crippen LogP contribution in [0.25, 0.3) is 0 Å². The third-order valence-electron chi connectivity index (χ3n) is 6.42. The number of phenolic OH excluding ortho intramolecular Hbond substituents is 1. The van der Waals surface area contributed by atoms with Crippen LogP contribution in [0.3, 0.4) is 0 Å². The molecule has 5 rings (SSSR count). The number of hydrogen-bond donors (Lipinski definition) is 1. The highest BCUT2D eigenvalue weighted by molar-refractivity contribution is 6.39. The first-order chi connectivity index (χ1) is 17.8. The quantitative estimate of drug-likeness (QED) is 0.285. The molecule has 0 bridgehead atoms. The van der Waals surface area contributed by atoms with Gasteiger partial charge in [-0.1, -0.05) is 35.9 Å². The minimum Gasteiger partial charge on any atom is -0.506 e. The molecule has 10 heteroatoms. The number of carbonyl (C=O) groups is 4. The average molecular weight is 518 g/mol. The lowest BCUT2D eigenvalue weighted by Crippen LogP contribution is -2.33. The number of fused-ring (bicyclic) bond motifs is 3. The van der Waals surface area contributed by atoms with E-state index < -0.39 is 5.78 Å². The summed E-state index contributed by atoms with van der Waals surface area (Å²) in [7, 11) is 1.30. The van der Waals surface area contributed by atoms with Gasteiger partial charge >= 0.3 is 5.97 Å². The first-order valence-corrected chi connectivity index (χ1v) is 11.8. The minimum absolute atomic E-state index is 0.0144. The Balaban J connectivity index is 1.52. The number of rotatable bonds is 5. The zero-order valence-electron chi connectivity index (χ0n) is 19.7. The van der Waals surface area contributed by atoms with Gasteiger partial charge in [0.2, 0.25) is 0 Å². The Morgan fingerprint density at radius 1 is 0.973 bits per heavy atom. The predicted octanol–water partition coefficient (Wildman–Crippen LogP) is 5.19. The second-order valence-electron chi connectivity index (χ2n) is 8.56. The number of aromatic hydroxyl groups is 1. The number of nitrogens with zero attached hydrogens (tertiary/aromatic N) is 3. The topological polar surface area (TPSA) is 126 Å². The van der Waals surface area contributed by atoms with E-state index in [-0.39, 0.29) is 74.8 Å². The SMILES string of the molecule is COC(=O)CCN1CCC(=O)c2cc(N=Nc3ccc(Cl)c4c3C(=O)c3ccccc3C4=O)c(O)cc21. The zero-order chi connectivity index (χ0) is 26.3. The van der Waals surface area contributed by atoms with E-state index in [9.17, 15) is 24.3 Å². The number of ketones is 3. The molecule has 0 saturated carbocycles. The van der Waals surface area contributed by atoms with Gasteiger partial charge in [0.15, 0.2) is 17.3 Å². The van der Waals surface area contributed by atoms with E-state index in [0.717, 1.165) is 0 Å². The summed E-state index contributed by atoms with van der Waals surface area (Å²) in [6, 6.07) is 12.2. The smallest absolute Gasteiger partial charge is 0.307 e. The summed E-state index contributed by atoms with van der Waals surface area (Å²) in [6.07, 6.45) is 0.361. The molecule has 37 heavy (non-hydrogen) atoms. The lowest BCUT2D eigenvalue weighted by molar-refractivity contribution is -0.140. The number of Topliss-reactive ketones (excluding diaryl/α,β-unsaturated/α-hetero) is 1. The van der Waals surface area contributed by atoms with E-state index >= 15 is 0 Å². The lowest BCUT2D eigenvalue weighted by Gasteiger charge is -2.30. The molecule has 0 saturated heterocycles. The first kappa shape index (κ1) is 24.3. The van der Waals surface area contributed by atoms with Crippen molar-refractivity contribution in [2.75, 3.05) is 25.1 Å². The number of carbonyl (C=O) groups excluding carboxylic acids is 4. The molecule has 0 amide bonds. The van der Waals surface area contributed by atoms with Crippen LogP contribution in [-0.2, 0) is 9.53 Å².